The van der Waals surface area contributed by atoms with Crippen LogP contribution >= 0.6 is 0 Å². The van der Waals surface area contributed by atoms with Crippen LogP contribution in [0.25, 0.3) is 32.7 Å². The van der Waals surface area contributed by atoms with Crippen LogP contribution in [-0.2, 0) is 0 Å². The van der Waals surface area contributed by atoms with Crippen molar-refractivity contribution in [2.45, 2.75) is 6.92 Å². The summed E-state index contributed by atoms with van der Waals surface area (Å²) >= 11 is 0. The second kappa shape index (κ2) is 3.54. The van der Waals surface area contributed by atoms with Gasteiger partial charge in [0, 0.05) is 33.4 Å². The van der Waals surface area contributed by atoms with Crippen LogP contribution in [0.4, 0.5) is 4.39 Å². The highest BCUT2D eigenvalue weighted by Gasteiger charge is 2.11. The second-order valence-electron chi connectivity index (χ2n) is 4.78. The lowest BCUT2D eigenvalue weighted by atomic mass is 10.1. The number of hydrogen-bond donors (Lipinski definition) is 1. The molecule has 0 amide bonds. The van der Waals surface area contributed by atoms with Gasteiger partial charge in [0.05, 0.1) is 11.0 Å². The van der Waals surface area contributed by atoms with Crippen molar-refractivity contribution in [2.75, 3.05) is 0 Å². The first-order valence-corrected chi connectivity index (χ1v) is 6.20. The number of H-pyrrole nitrogens is 1. The third kappa shape index (κ3) is 1.38. The van der Waals surface area contributed by atoms with Crippen LogP contribution in [0.2, 0.25) is 0 Å². The van der Waals surface area contributed by atoms with Gasteiger partial charge in [0.25, 0.3) is 0 Å². The standard InChI is InChI=1S/C16H11FN2/c1-9-15-11-4-2-3-5-13(11)19-16(15)12-7-6-10(17)8-14(12)18-9/h2-8,19H,1H3. The van der Waals surface area contributed by atoms with Crippen molar-refractivity contribution in [3.05, 3.63) is 54.0 Å². The van der Waals surface area contributed by atoms with Crippen LogP contribution in [0.3, 0.4) is 0 Å². The number of nitrogens with zero attached hydrogens (tertiary/aromatic N) is 1. The second-order valence-corrected chi connectivity index (χ2v) is 4.78. The molecular formula is C16H11FN2. The van der Waals surface area contributed by atoms with Crippen molar-refractivity contribution in [3.63, 3.8) is 0 Å². The average molecular weight is 250 g/mol. The number of aryl methyl sites for hydroxylation is 1. The van der Waals surface area contributed by atoms with E-state index in [1.807, 2.05) is 25.1 Å². The molecule has 0 spiro atoms. The largest absolute Gasteiger partial charge is 0.354 e. The maximum Gasteiger partial charge on any atom is 0.125 e. The number of pyridine rings is 1. The number of halogens is 1. The normalized spacial score (nSPS) is 11.7. The number of nitrogens with one attached hydrogen (secondary N) is 1. The Morgan fingerprint density at radius 2 is 1.89 bits per heavy atom. The molecule has 0 aliphatic heterocycles. The van der Waals surface area contributed by atoms with E-state index in [0.717, 1.165) is 32.9 Å². The number of aromatic nitrogens is 2. The van der Waals surface area contributed by atoms with Crippen LogP contribution in [0.5, 0.6) is 0 Å². The highest BCUT2D eigenvalue weighted by Crippen LogP contribution is 2.32. The molecular weight excluding hydrogens is 239 g/mol. The van der Waals surface area contributed by atoms with E-state index in [2.05, 4.69) is 16.0 Å². The summed E-state index contributed by atoms with van der Waals surface area (Å²) < 4.78 is 13.3. The summed E-state index contributed by atoms with van der Waals surface area (Å²) in [7, 11) is 0. The van der Waals surface area contributed by atoms with Gasteiger partial charge in [-0.15, -0.1) is 0 Å². The number of benzene rings is 2. The van der Waals surface area contributed by atoms with Crippen molar-refractivity contribution in [2.24, 2.45) is 0 Å². The highest BCUT2D eigenvalue weighted by atomic mass is 19.1. The molecule has 19 heavy (non-hydrogen) atoms. The highest BCUT2D eigenvalue weighted by molar-refractivity contribution is 6.16. The molecule has 0 saturated carbocycles. The topological polar surface area (TPSA) is 28.7 Å². The molecule has 4 aromatic rings. The monoisotopic (exact) mass is 250 g/mol. The molecule has 92 valence electrons. The summed E-state index contributed by atoms with van der Waals surface area (Å²) in [6, 6.07) is 12.9. The Morgan fingerprint density at radius 3 is 2.79 bits per heavy atom. The third-order valence-electron chi connectivity index (χ3n) is 3.59. The van der Waals surface area contributed by atoms with Gasteiger partial charge in [-0.2, -0.15) is 0 Å². The fourth-order valence-corrected chi connectivity index (χ4v) is 2.77. The maximum atomic E-state index is 13.3. The molecule has 0 aliphatic carbocycles. The predicted octanol–water partition coefficient (Wildman–Crippen LogP) is 4.32. The van der Waals surface area contributed by atoms with E-state index in [1.54, 1.807) is 6.07 Å². The lowest BCUT2D eigenvalue weighted by Gasteiger charge is -2.03. The lowest BCUT2D eigenvalue weighted by Crippen LogP contribution is -1.87. The molecule has 2 nitrogen and oxygen atoms in total. The average Bonchev–Trinajstić information content (AvgIpc) is 2.78. The summed E-state index contributed by atoms with van der Waals surface area (Å²) in [5.74, 6) is -0.255. The van der Waals surface area contributed by atoms with Gasteiger partial charge in [-0.25, -0.2) is 4.39 Å². The smallest absolute Gasteiger partial charge is 0.125 e. The van der Waals surface area contributed by atoms with E-state index in [4.69, 9.17) is 0 Å². The van der Waals surface area contributed by atoms with Crippen molar-refractivity contribution < 1.29 is 4.39 Å². The van der Waals surface area contributed by atoms with Crippen molar-refractivity contribution in [3.8, 4) is 0 Å². The van der Waals surface area contributed by atoms with Gasteiger partial charge < -0.3 is 4.98 Å². The maximum absolute atomic E-state index is 13.3. The Kier molecular flexibility index (Phi) is 1.96. The van der Waals surface area contributed by atoms with E-state index in [0.29, 0.717) is 5.52 Å². The van der Waals surface area contributed by atoms with E-state index in [9.17, 15) is 4.39 Å². The van der Waals surface area contributed by atoms with E-state index >= 15 is 0 Å². The zero-order chi connectivity index (χ0) is 13.0. The summed E-state index contributed by atoms with van der Waals surface area (Å²) in [6.07, 6.45) is 0. The van der Waals surface area contributed by atoms with E-state index in [1.165, 1.54) is 12.1 Å². The van der Waals surface area contributed by atoms with Crippen molar-refractivity contribution in [1.29, 1.82) is 0 Å². The molecule has 0 bridgehead atoms. The first-order valence-electron chi connectivity index (χ1n) is 6.20. The van der Waals surface area contributed by atoms with Gasteiger partial charge in [0.1, 0.15) is 5.82 Å². The molecule has 2 heterocycles. The zero-order valence-corrected chi connectivity index (χ0v) is 10.4. The molecule has 4 rings (SSSR count). The lowest BCUT2D eigenvalue weighted by molar-refractivity contribution is 0.629. The molecule has 1 N–H and O–H groups in total. The van der Waals surface area contributed by atoms with Crippen LogP contribution in [-0.4, -0.2) is 9.97 Å². The van der Waals surface area contributed by atoms with E-state index < -0.39 is 0 Å². The summed E-state index contributed by atoms with van der Waals surface area (Å²) in [4.78, 5) is 7.95. The minimum atomic E-state index is -0.255. The molecule has 2 aromatic heterocycles. The fraction of sp³-hybridized carbons (Fsp3) is 0.0625. The van der Waals surface area contributed by atoms with Gasteiger partial charge in [-0.05, 0) is 25.1 Å². The van der Waals surface area contributed by atoms with Gasteiger partial charge in [-0.3, -0.25) is 4.98 Å². The molecule has 0 radical (unpaired) electrons. The number of fused-ring (bicyclic) bond motifs is 5. The Morgan fingerprint density at radius 1 is 1.05 bits per heavy atom. The van der Waals surface area contributed by atoms with Crippen LogP contribution in [0.15, 0.2) is 42.5 Å². The molecule has 0 atom stereocenters. The minimum Gasteiger partial charge on any atom is -0.354 e. The number of aromatic amines is 1. The molecule has 3 heteroatoms. The number of hydrogen-bond acceptors (Lipinski definition) is 1. The summed E-state index contributed by atoms with van der Waals surface area (Å²) in [6.45, 7) is 1.97. The first kappa shape index (κ1) is 10.5. The van der Waals surface area contributed by atoms with Gasteiger partial charge in [-0.1, -0.05) is 18.2 Å². The molecule has 0 aliphatic rings. The summed E-state index contributed by atoms with van der Waals surface area (Å²) in [5.41, 5.74) is 3.73. The van der Waals surface area contributed by atoms with Gasteiger partial charge in [0.2, 0.25) is 0 Å². The molecule has 2 aromatic carbocycles. The van der Waals surface area contributed by atoms with Crippen LogP contribution < -0.4 is 0 Å². The van der Waals surface area contributed by atoms with E-state index in [-0.39, 0.29) is 5.82 Å². The fourth-order valence-electron chi connectivity index (χ4n) is 2.77. The Hall–Kier alpha value is -2.42. The molecule has 0 fully saturated rings. The zero-order valence-electron chi connectivity index (χ0n) is 10.4. The van der Waals surface area contributed by atoms with Crippen LogP contribution in [0, 0.1) is 12.7 Å². The van der Waals surface area contributed by atoms with Crippen LogP contribution in [0.1, 0.15) is 5.69 Å². The van der Waals surface area contributed by atoms with Crippen molar-refractivity contribution >= 4 is 32.7 Å². The molecule has 0 saturated heterocycles. The Bertz CT molecular complexity index is 938. The first-order chi connectivity index (χ1) is 9.24. The van der Waals surface area contributed by atoms with Gasteiger partial charge in [0.15, 0.2) is 0 Å². The Balaban J connectivity index is 2.33. The number of rotatable bonds is 0. The van der Waals surface area contributed by atoms with Gasteiger partial charge >= 0.3 is 0 Å². The van der Waals surface area contributed by atoms with Crippen molar-refractivity contribution in [1.82, 2.24) is 9.97 Å². The third-order valence-corrected chi connectivity index (χ3v) is 3.59. The Labute approximate surface area is 108 Å². The summed E-state index contributed by atoms with van der Waals surface area (Å²) in [5, 5.41) is 3.24. The quantitative estimate of drug-likeness (QED) is 0.494. The SMILES string of the molecule is Cc1nc2cc(F)ccc2c2[nH]c3ccccc3c12. The molecule has 0 unspecified atom stereocenters. The minimum absolute atomic E-state index is 0.255. The predicted molar refractivity (Wildman–Crippen MR) is 75.8 cm³/mol. The number of para-hydroxylation sites is 1.